The Morgan fingerprint density at radius 1 is 1.40 bits per heavy atom. The van der Waals surface area contributed by atoms with Crippen molar-refractivity contribution in [1.82, 2.24) is 0 Å². The van der Waals surface area contributed by atoms with E-state index >= 15 is 0 Å². The Balaban J connectivity index is 3.09. The molecule has 2 heteroatoms. The van der Waals surface area contributed by atoms with Crippen LogP contribution in [0.1, 0.15) is 32.6 Å². The van der Waals surface area contributed by atoms with E-state index in [1.165, 1.54) is 24.4 Å². The van der Waals surface area contributed by atoms with Crippen molar-refractivity contribution in [3.63, 3.8) is 0 Å². The number of unbranched alkanes of at least 4 members (excludes halogenated alkanes) is 1. The molecule has 10 heavy (non-hydrogen) atoms. The third-order valence-electron chi connectivity index (χ3n) is 1.92. The molecule has 0 saturated carbocycles. The average Bonchev–Trinajstić information content (AvgIpc) is 1.99. The van der Waals surface area contributed by atoms with Gasteiger partial charge in [-0.1, -0.05) is 0 Å². The second-order valence-electron chi connectivity index (χ2n) is 2.76. The summed E-state index contributed by atoms with van der Waals surface area (Å²) in [6, 6.07) is 0. The predicted octanol–water partition coefficient (Wildman–Crippen LogP) is 2.17. The van der Waals surface area contributed by atoms with Crippen LogP contribution in [-0.4, -0.2) is 30.9 Å². The summed E-state index contributed by atoms with van der Waals surface area (Å²) in [6.07, 6.45) is 5.57. The molecule has 1 atom stereocenters. The molecule has 0 aromatic carbocycles. The molecule has 0 aliphatic heterocycles. The Kier molecular flexibility index (Phi) is 8.09. The minimum absolute atomic E-state index is 0.506. The molecule has 0 amide bonds. The van der Waals surface area contributed by atoms with E-state index in [4.69, 9.17) is 4.74 Å². The molecular weight excluding hydrogens is 119 g/mol. The second-order valence-corrected chi connectivity index (χ2v) is 2.76. The van der Waals surface area contributed by atoms with Crippen molar-refractivity contribution >= 4 is 17.7 Å². The molecule has 0 aromatic rings. The molecule has 0 bridgehead atoms. The maximum atomic E-state index is 5.25. The molecule has 0 fully saturated rings. The Labute approximate surface area is 73.7 Å². The minimum atomic E-state index is 0.506. The van der Waals surface area contributed by atoms with E-state index in [-0.39, 0.29) is 0 Å². The van der Waals surface area contributed by atoms with E-state index in [2.05, 4.69) is 24.6 Å². The Morgan fingerprint density at radius 2 is 2.10 bits per heavy atom. The Hall–Kier alpha value is 0.557. The number of hydrogen-bond donors (Lipinski definition) is 0. The van der Waals surface area contributed by atoms with Crippen LogP contribution in [0.5, 0.6) is 0 Å². The van der Waals surface area contributed by atoms with E-state index in [9.17, 15) is 0 Å². The van der Waals surface area contributed by atoms with E-state index in [1.807, 2.05) is 0 Å². The van der Waals surface area contributed by atoms with E-state index in [0.29, 0.717) is 6.10 Å². The number of rotatable bonds is 6. The van der Waals surface area contributed by atoms with Crippen LogP contribution < -0.4 is 0 Å². The monoisotopic (exact) mass is 136 g/mol. The first-order chi connectivity index (χ1) is 4.85. The van der Waals surface area contributed by atoms with Crippen LogP contribution in [0.25, 0.3) is 0 Å². The van der Waals surface area contributed by atoms with Crippen LogP contribution in [0.2, 0.25) is 5.09 Å². The van der Waals surface area contributed by atoms with E-state index in [1.54, 1.807) is 7.11 Å². The Morgan fingerprint density at radius 3 is 2.50 bits per heavy atom. The number of methoxy groups -OCH3 is 1. The summed E-state index contributed by atoms with van der Waals surface area (Å²) in [7, 11) is 1.81. The van der Waals surface area contributed by atoms with Crippen molar-refractivity contribution < 1.29 is 4.74 Å². The van der Waals surface area contributed by atoms with Crippen LogP contribution in [0.15, 0.2) is 0 Å². The third kappa shape index (κ3) is 5.35. The summed E-state index contributed by atoms with van der Waals surface area (Å²) in [5.41, 5.74) is 0. The first-order valence-corrected chi connectivity index (χ1v) is 4.37. The van der Waals surface area contributed by atoms with Crippen molar-refractivity contribution in [3.8, 4) is 0 Å². The van der Waals surface area contributed by atoms with Crippen LogP contribution >= 0.6 is 0 Å². The van der Waals surface area contributed by atoms with E-state index in [0.717, 1.165) is 6.42 Å². The molecule has 0 spiro atoms. The van der Waals surface area contributed by atoms with Gasteiger partial charge in [-0.3, -0.25) is 0 Å². The normalized spacial score (nSPS) is 13.6. The van der Waals surface area contributed by atoms with Gasteiger partial charge in [0.05, 0.1) is 0 Å². The summed E-state index contributed by atoms with van der Waals surface area (Å²) in [4.78, 5) is 0. The summed E-state index contributed by atoms with van der Waals surface area (Å²) >= 11 is 2.23. The van der Waals surface area contributed by atoms with Crippen LogP contribution in [-0.2, 0) is 4.74 Å². The summed E-state index contributed by atoms with van der Waals surface area (Å²) in [5, 5.41) is 1.31. The van der Waals surface area contributed by atoms with Gasteiger partial charge in [0.25, 0.3) is 0 Å². The molecule has 0 aliphatic carbocycles. The molecule has 0 radical (unpaired) electrons. The molecule has 0 rings (SSSR count). The molecule has 0 N–H and O–H groups in total. The van der Waals surface area contributed by atoms with Gasteiger partial charge in [-0.05, 0) is 0 Å². The fourth-order valence-corrected chi connectivity index (χ4v) is 1.11. The fourth-order valence-electron chi connectivity index (χ4n) is 1.11. The molecule has 1 unspecified atom stereocenters. The average molecular weight is 136 g/mol. The summed E-state index contributed by atoms with van der Waals surface area (Å²) < 4.78 is 5.25. The fraction of sp³-hybridized carbons (Fsp3) is 1.00. The molecular formula is C8H17LiO. The summed E-state index contributed by atoms with van der Waals surface area (Å²) in [6.45, 7) is 2.18. The van der Waals surface area contributed by atoms with Gasteiger partial charge in [-0.15, -0.1) is 0 Å². The van der Waals surface area contributed by atoms with Crippen LogP contribution in [0.3, 0.4) is 0 Å². The molecule has 56 valence electrons. The van der Waals surface area contributed by atoms with Crippen molar-refractivity contribution in [3.05, 3.63) is 0 Å². The van der Waals surface area contributed by atoms with Gasteiger partial charge in [0, 0.05) is 0 Å². The van der Waals surface area contributed by atoms with Gasteiger partial charge in [-0.25, -0.2) is 0 Å². The molecule has 0 aliphatic rings. The Bertz CT molecular complexity index is 62.3. The zero-order chi connectivity index (χ0) is 7.82. The third-order valence-corrected chi connectivity index (χ3v) is 1.92. The zero-order valence-electron chi connectivity index (χ0n) is 7.52. The van der Waals surface area contributed by atoms with Gasteiger partial charge in [0.2, 0.25) is 0 Å². The van der Waals surface area contributed by atoms with Crippen molar-refractivity contribution in [2.24, 2.45) is 0 Å². The predicted molar refractivity (Wildman–Crippen MR) is 45.5 cm³/mol. The number of hydrogen-bond acceptors (Lipinski definition) is 1. The quantitative estimate of drug-likeness (QED) is 0.401. The van der Waals surface area contributed by atoms with Gasteiger partial charge in [0.15, 0.2) is 0 Å². The SMILES string of the molecule is [Li][CH2]CCCC(CC)OC. The van der Waals surface area contributed by atoms with E-state index < -0.39 is 0 Å². The first kappa shape index (κ1) is 10.6. The molecule has 0 saturated heterocycles. The maximum absolute atomic E-state index is 5.25. The van der Waals surface area contributed by atoms with Crippen molar-refractivity contribution in [2.75, 3.05) is 7.11 Å². The van der Waals surface area contributed by atoms with Gasteiger partial charge in [-0.2, -0.15) is 0 Å². The topological polar surface area (TPSA) is 9.23 Å². The first-order valence-electron chi connectivity index (χ1n) is 4.37. The molecule has 1 nitrogen and oxygen atoms in total. The van der Waals surface area contributed by atoms with Crippen molar-refractivity contribution in [2.45, 2.75) is 43.8 Å². The molecule has 0 aromatic heterocycles. The van der Waals surface area contributed by atoms with Crippen molar-refractivity contribution in [1.29, 1.82) is 0 Å². The van der Waals surface area contributed by atoms with Gasteiger partial charge >= 0.3 is 73.4 Å². The molecule has 0 heterocycles. The summed E-state index contributed by atoms with van der Waals surface area (Å²) in [5.74, 6) is 0. The van der Waals surface area contributed by atoms with Crippen LogP contribution in [0.4, 0.5) is 0 Å². The van der Waals surface area contributed by atoms with Crippen LogP contribution in [0, 0.1) is 0 Å². The standard InChI is InChI=1S/C8H17O.Li/c1-4-6-7-8(5-2)9-3;/h8H,1,4-7H2,2-3H3;. The van der Waals surface area contributed by atoms with Gasteiger partial charge < -0.3 is 0 Å². The van der Waals surface area contributed by atoms with Gasteiger partial charge in [0.1, 0.15) is 0 Å². The number of ether oxygens (including phenoxy) is 1. The second kappa shape index (κ2) is 7.66. The zero-order valence-corrected chi connectivity index (χ0v) is 7.52.